The van der Waals surface area contributed by atoms with E-state index in [9.17, 15) is 4.79 Å². The van der Waals surface area contributed by atoms with Crippen LogP contribution in [0.5, 0.6) is 5.75 Å². The van der Waals surface area contributed by atoms with E-state index in [-0.39, 0.29) is 5.92 Å². The van der Waals surface area contributed by atoms with Crippen molar-refractivity contribution in [2.75, 3.05) is 13.2 Å². The van der Waals surface area contributed by atoms with Crippen LogP contribution >= 0.6 is 0 Å². The maximum Gasteiger partial charge on any atom is 0.354 e. The number of aromatic nitrogens is 1. The first-order valence-electron chi connectivity index (χ1n) is 6.76. The van der Waals surface area contributed by atoms with Crippen molar-refractivity contribution in [2.45, 2.75) is 12.3 Å². The van der Waals surface area contributed by atoms with Crippen molar-refractivity contribution in [3.63, 3.8) is 0 Å². The van der Waals surface area contributed by atoms with Gasteiger partial charge in [0.05, 0.1) is 13.2 Å². The van der Waals surface area contributed by atoms with Crippen LogP contribution in [-0.2, 0) is 4.74 Å². The van der Waals surface area contributed by atoms with E-state index in [1.807, 2.05) is 30.3 Å². The molecule has 106 valence electrons. The Balaban J connectivity index is 1.66. The fraction of sp³-hybridized carbons (Fsp3) is 0.250. The summed E-state index contributed by atoms with van der Waals surface area (Å²) in [6, 6.07) is 12.8. The van der Waals surface area contributed by atoms with Gasteiger partial charge in [0.25, 0.3) is 0 Å². The highest BCUT2D eigenvalue weighted by Gasteiger charge is 2.23. The van der Waals surface area contributed by atoms with Gasteiger partial charge in [0.2, 0.25) is 0 Å². The highest BCUT2D eigenvalue weighted by atomic mass is 16.5. The second-order valence-corrected chi connectivity index (χ2v) is 4.87. The zero-order chi connectivity index (χ0) is 14.7. The molecule has 0 bridgehead atoms. The fourth-order valence-electron chi connectivity index (χ4n) is 2.42. The lowest BCUT2D eigenvalue weighted by atomic mass is 9.94. The average molecular weight is 282 g/mol. The number of fused-ring (bicyclic) bond motifs is 1. The van der Waals surface area contributed by atoms with Gasteiger partial charge in [-0.05, 0) is 24.6 Å². The first-order chi connectivity index (χ1) is 10.3. The largest absolute Gasteiger partial charge is 0.493 e. The number of benzene rings is 1. The van der Waals surface area contributed by atoms with Gasteiger partial charge in [0, 0.05) is 11.5 Å². The Morgan fingerprint density at radius 3 is 3.05 bits per heavy atom. The van der Waals surface area contributed by atoms with Gasteiger partial charge in [-0.3, -0.25) is 0 Å². The van der Waals surface area contributed by atoms with Crippen molar-refractivity contribution in [1.29, 1.82) is 5.26 Å². The van der Waals surface area contributed by atoms with Gasteiger partial charge >= 0.3 is 5.97 Å². The molecule has 0 aliphatic carbocycles. The number of rotatable bonds is 3. The summed E-state index contributed by atoms with van der Waals surface area (Å²) in [5, 5.41) is 8.73. The summed E-state index contributed by atoms with van der Waals surface area (Å²) in [6.07, 6.45) is 0.818. The molecule has 5 nitrogen and oxygen atoms in total. The number of nitriles is 1. The standard InChI is InChI=1S/C16H14N2O3/c17-9-12-5-6-14(18-12)16(19)21-10-11-7-8-20-15-4-2-1-3-13(11)15/h1-6,11,18H,7-8,10H2/t11-/m1/s1. The monoisotopic (exact) mass is 282 g/mol. The quantitative estimate of drug-likeness (QED) is 0.878. The third-order valence-corrected chi connectivity index (χ3v) is 3.52. The van der Waals surface area contributed by atoms with Crippen molar-refractivity contribution >= 4 is 5.97 Å². The van der Waals surface area contributed by atoms with Crippen molar-refractivity contribution in [2.24, 2.45) is 0 Å². The summed E-state index contributed by atoms with van der Waals surface area (Å²) in [5.74, 6) is 0.557. The molecule has 1 atom stereocenters. The molecule has 0 saturated heterocycles. The van der Waals surface area contributed by atoms with Crippen molar-refractivity contribution in [3.05, 3.63) is 53.3 Å². The minimum atomic E-state index is -0.444. The number of esters is 1. The molecule has 0 fully saturated rings. The Kier molecular flexibility index (Phi) is 3.61. The summed E-state index contributed by atoms with van der Waals surface area (Å²) in [6.45, 7) is 0.931. The van der Waals surface area contributed by atoms with Crippen LogP contribution in [0.25, 0.3) is 0 Å². The number of H-pyrrole nitrogens is 1. The predicted molar refractivity (Wildman–Crippen MR) is 75.1 cm³/mol. The van der Waals surface area contributed by atoms with Gasteiger partial charge in [-0.15, -0.1) is 0 Å². The number of nitrogens with zero attached hydrogens (tertiary/aromatic N) is 1. The lowest BCUT2D eigenvalue weighted by molar-refractivity contribution is 0.0453. The molecule has 1 aromatic carbocycles. The lowest BCUT2D eigenvalue weighted by Gasteiger charge is -2.25. The average Bonchev–Trinajstić information content (AvgIpc) is 3.01. The van der Waals surface area contributed by atoms with Crippen molar-refractivity contribution in [3.8, 4) is 11.8 Å². The summed E-state index contributed by atoms with van der Waals surface area (Å²) in [4.78, 5) is 14.6. The number of carbonyl (C=O) groups is 1. The Bertz CT molecular complexity index is 700. The van der Waals surface area contributed by atoms with Crippen LogP contribution in [-0.4, -0.2) is 24.2 Å². The topological polar surface area (TPSA) is 75.1 Å². The molecule has 1 aliphatic heterocycles. The molecule has 2 heterocycles. The molecule has 0 unspecified atom stereocenters. The Hall–Kier alpha value is -2.74. The van der Waals surface area contributed by atoms with Crippen LogP contribution in [0.3, 0.4) is 0 Å². The zero-order valence-corrected chi connectivity index (χ0v) is 11.3. The highest BCUT2D eigenvalue weighted by Crippen LogP contribution is 2.33. The molecule has 0 amide bonds. The van der Waals surface area contributed by atoms with E-state index in [0.717, 1.165) is 17.7 Å². The summed E-state index contributed by atoms with van der Waals surface area (Å²) >= 11 is 0. The van der Waals surface area contributed by atoms with Gasteiger partial charge in [-0.2, -0.15) is 5.26 Å². The van der Waals surface area contributed by atoms with Gasteiger partial charge in [-0.25, -0.2) is 4.79 Å². The van der Waals surface area contributed by atoms with E-state index < -0.39 is 5.97 Å². The number of para-hydroxylation sites is 1. The van der Waals surface area contributed by atoms with E-state index in [1.54, 1.807) is 12.1 Å². The molecule has 21 heavy (non-hydrogen) atoms. The van der Waals surface area contributed by atoms with Crippen LogP contribution in [0, 0.1) is 11.3 Å². The molecule has 0 saturated carbocycles. The summed E-state index contributed by atoms with van der Waals surface area (Å²) in [7, 11) is 0. The van der Waals surface area contributed by atoms with Gasteiger partial charge < -0.3 is 14.5 Å². The smallest absolute Gasteiger partial charge is 0.354 e. The van der Waals surface area contributed by atoms with E-state index in [2.05, 4.69) is 4.98 Å². The Morgan fingerprint density at radius 2 is 2.24 bits per heavy atom. The maximum atomic E-state index is 11.9. The van der Waals surface area contributed by atoms with Crippen molar-refractivity contribution < 1.29 is 14.3 Å². The molecule has 1 aliphatic rings. The second-order valence-electron chi connectivity index (χ2n) is 4.87. The lowest BCUT2D eigenvalue weighted by Crippen LogP contribution is -2.20. The third-order valence-electron chi connectivity index (χ3n) is 3.52. The predicted octanol–water partition coefficient (Wildman–Crippen LogP) is 2.61. The molecule has 1 N–H and O–H groups in total. The highest BCUT2D eigenvalue weighted by molar-refractivity contribution is 5.87. The molecule has 2 aromatic rings. The number of carbonyl (C=O) groups excluding carboxylic acids is 1. The summed E-state index contributed by atoms with van der Waals surface area (Å²) in [5.41, 5.74) is 1.71. The number of aromatic amines is 1. The van der Waals surface area contributed by atoms with Crippen LogP contribution in [0.15, 0.2) is 36.4 Å². The second kappa shape index (κ2) is 5.71. The normalized spacial score (nSPS) is 16.4. The number of nitrogens with one attached hydrogen (secondary N) is 1. The molecular formula is C16H14N2O3. The first kappa shape index (κ1) is 13.3. The van der Waals surface area contributed by atoms with Crippen LogP contribution in [0.4, 0.5) is 0 Å². The van der Waals surface area contributed by atoms with Crippen LogP contribution in [0.2, 0.25) is 0 Å². The number of hydrogen-bond acceptors (Lipinski definition) is 4. The minimum Gasteiger partial charge on any atom is -0.493 e. The molecule has 3 rings (SSSR count). The van der Waals surface area contributed by atoms with E-state index in [1.165, 1.54) is 0 Å². The first-order valence-corrected chi connectivity index (χ1v) is 6.76. The molecule has 5 heteroatoms. The molecule has 0 spiro atoms. The van der Waals surface area contributed by atoms with Gasteiger partial charge in [0.15, 0.2) is 0 Å². The number of ether oxygens (including phenoxy) is 2. The van der Waals surface area contributed by atoms with E-state index in [0.29, 0.717) is 24.6 Å². The number of hydrogen-bond donors (Lipinski definition) is 1. The Labute approximate surface area is 122 Å². The Morgan fingerprint density at radius 1 is 1.38 bits per heavy atom. The zero-order valence-electron chi connectivity index (χ0n) is 11.3. The van der Waals surface area contributed by atoms with E-state index in [4.69, 9.17) is 14.7 Å². The van der Waals surface area contributed by atoms with Crippen molar-refractivity contribution in [1.82, 2.24) is 4.98 Å². The SMILES string of the molecule is N#Cc1ccc(C(=O)OC[C@H]2CCOc3ccccc32)[nH]1. The fourth-order valence-corrected chi connectivity index (χ4v) is 2.42. The van der Waals surface area contributed by atoms with Crippen LogP contribution in [0.1, 0.15) is 34.1 Å². The van der Waals surface area contributed by atoms with E-state index >= 15 is 0 Å². The summed E-state index contributed by atoms with van der Waals surface area (Å²) < 4.78 is 10.9. The maximum absolute atomic E-state index is 11.9. The minimum absolute atomic E-state index is 0.143. The molecule has 1 aromatic heterocycles. The van der Waals surface area contributed by atoms with Crippen LogP contribution < -0.4 is 4.74 Å². The third kappa shape index (κ3) is 2.75. The van der Waals surface area contributed by atoms with Gasteiger partial charge in [0.1, 0.15) is 23.2 Å². The van der Waals surface area contributed by atoms with Gasteiger partial charge in [-0.1, -0.05) is 18.2 Å². The molecule has 0 radical (unpaired) electrons. The molecular weight excluding hydrogens is 268 g/mol.